The van der Waals surface area contributed by atoms with Gasteiger partial charge in [0.05, 0.1) is 26.9 Å². The molecule has 1 aromatic carbocycles. The monoisotopic (exact) mass is 334 g/mol. The highest BCUT2D eigenvalue weighted by Crippen LogP contribution is 2.32. The van der Waals surface area contributed by atoms with Crippen LogP contribution in [0.1, 0.15) is 28.8 Å². The summed E-state index contributed by atoms with van der Waals surface area (Å²) in [5.41, 5.74) is -0.374. The molecular weight excluding hydrogens is 312 g/mol. The van der Waals surface area contributed by atoms with Gasteiger partial charge in [-0.05, 0) is 37.0 Å². The summed E-state index contributed by atoms with van der Waals surface area (Å²) < 4.78 is 14.3. The van der Waals surface area contributed by atoms with Gasteiger partial charge in [0.1, 0.15) is 0 Å². The van der Waals surface area contributed by atoms with Crippen molar-refractivity contribution >= 4 is 17.9 Å². The fourth-order valence-corrected chi connectivity index (χ4v) is 2.48. The van der Waals surface area contributed by atoms with Crippen molar-refractivity contribution in [1.29, 1.82) is 0 Å². The summed E-state index contributed by atoms with van der Waals surface area (Å²) in [4.78, 5) is 36.1. The molecule has 1 rings (SSSR count). The number of hydrogen-bond donors (Lipinski definition) is 0. The SMILES string of the molecule is C=CCCC(Cc1ccc(C(=O)OC)cc1)(C(=O)OC)C(=O)OC. The second-order valence-electron chi connectivity index (χ2n) is 5.26. The Morgan fingerprint density at radius 2 is 1.54 bits per heavy atom. The molecule has 6 nitrogen and oxygen atoms in total. The quantitative estimate of drug-likeness (QED) is 0.314. The Kier molecular flexibility index (Phi) is 7.17. The first-order valence-electron chi connectivity index (χ1n) is 7.40. The summed E-state index contributed by atoms with van der Waals surface area (Å²) in [6.45, 7) is 3.63. The molecule has 0 N–H and O–H groups in total. The molecule has 6 heteroatoms. The van der Waals surface area contributed by atoms with Crippen LogP contribution in [0.15, 0.2) is 36.9 Å². The van der Waals surface area contributed by atoms with Crippen molar-refractivity contribution < 1.29 is 28.6 Å². The molecular formula is C18H22O6. The largest absolute Gasteiger partial charge is 0.468 e. The zero-order valence-corrected chi connectivity index (χ0v) is 14.2. The van der Waals surface area contributed by atoms with Gasteiger partial charge in [0.25, 0.3) is 0 Å². The van der Waals surface area contributed by atoms with Crippen LogP contribution in [-0.2, 0) is 30.2 Å². The van der Waals surface area contributed by atoms with Gasteiger partial charge in [-0.1, -0.05) is 18.2 Å². The van der Waals surface area contributed by atoms with Crippen LogP contribution in [0, 0.1) is 5.41 Å². The normalized spacial score (nSPS) is 10.6. The zero-order valence-electron chi connectivity index (χ0n) is 14.2. The first kappa shape index (κ1) is 19.4. The number of allylic oxidation sites excluding steroid dienone is 1. The summed E-state index contributed by atoms with van der Waals surface area (Å²) in [6.07, 6.45) is 2.39. The van der Waals surface area contributed by atoms with Gasteiger partial charge >= 0.3 is 17.9 Å². The fourth-order valence-electron chi connectivity index (χ4n) is 2.48. The lowest BCUT2D eigenvalue weighted by Gasteiger charge is -2.28. The van der Waals surface area contributed by atoms with E-state index in [-0.39, 0.29) is 12.8 Å². The van der Waals surface area contributed by atoms with Gasteiger partial charge in [-0.15, -0.1) is 6.58 Å². The Morgan fingerprint density at radius 1 is 1.00 bits per heavy atom. The van der Waals surface area contributed by atoms with Crippen molar-refractivity contribution in [3.63, 3.8) is 0 Å². The van der Waals surface area contributed by atoms with Gasteiger partial charge in [-0.2, -0.15) is 0 Å². The van der Waals surface area contributed by atoms with E-state index in [9.17, 15) is 14.4 Å². The van der Waals surface area contributed by atoms with Crippen molar-refractivity contribution in [2.75, 3.05) is 21.3 Å². The maximum absolute atomic E-state index is 12.3. The van der Waals surface area contributed by atoms with Crippen molar-refractivity contribution in [3.05, 3.63) is 48.0 Å². The standard InChI is InChI=1S/C18H22O6/c1-5-6-11-18(16(20)23-3,17(21)24-4)12-13-7-9-14(10-8-13)15(19)22-2/h5,7-10H,1,6,11-12H2,2-4H3. The van der Waals surface area contributed by atoms with Crippen LogP contribution in [0.4, 0.5) is 0 Å². The maximum atomic E-state index is 12.3. The van der Waals surface area contributed by atoms with E-state index in [1.807, 2.05) is 0 Å². The molecule has 0 heterocycles. The van der Waals surface area contributed by atoms with E-state index in [4.69, 9.17) is 9.47 Å². The topological polar surface area (TPSA) is 78.9 Å². The van der Waals surface area contributed by atoms with Crippen LogP contribution in [-0.4, -0.2) is 39.2 Å². The van der Waals surface area contributed by atoms with Crippen LogP contribution in [0.5, 0.6) is 0 Å². The predicted octanol–water partition coefficient (Wildman–Crippen LogP) is 2.31. The third kappa shape index (κ3) is 4.22. The first-order valence-corrected chi connectivity index (χ1v) is 7.40. The Balaban J connectivity index is 3.19. The highest BCUT2D eigenvalue weighted by molar-refractivity contribution is 6.00. The molecule has 0 unspecified atom stereocenters. The number of rotatable bonds is 8. The second kappa shape index (κ2) is 8.86. The van der Waals surface area contributed by atoms with Crippen LogP contribution in [0.3, 0.4) is 0 Å². The molecule has 130 valence electrons. The number of benzene rings is 1. The fraction of sp³-hybridized carbons (Fsp3) is 0.389. The first-order chi connectivity index (χ1) is 11.4. The average molecular weight is 334 g/mol. The van der Waals surface area contributed by atoms with Gasteiger partial charge in [0.15, 0.2) is 5.41 Å². The number of esters is 3. The summed E-state index contributed by atoms with van der Waals surface area (Å²) in [5.74, 6) is -1.78. The van der Waals surface area contributed by atoms with E-state index < -0.39 is 23.3 Å². The zero-order chi connectivity index (χ0) is 18.2. The van der Waals surface area contributed by atoms with Gasteiger partial charge in [0, 0.05) is 0 Å². The molecule has 0 aliphatic rings. The maximum Gasteiger partial charge on any atom is 0.337 e. The molecule has 0 aromatic heterocycles. The van der Waals surface area contributed by atoms with Crippen molar-refractivity contribution in [3.8, 4) is 0 Å². The van der Waals surface area contributed by atoms with Crippen LogP contribution in [0.2, 0.25) is 0 Å². The van der Waals surface area contributed by atoms with E-state index in [0.717, 1.165) is 0 Å². The molecule has 0 fully saturated rings. The molecule has 0 saturated heterocycles. The van der Waals surface area contributed by atoms with Gasteiger partial charge in [0.2, 0.25) is 0 Å². The molecule has 0 saturated carbocycles. The van der Waals surface area contributed by atoms with E-state index in [0.29, 0.717) is 17.5 Å². The lowest BCUT2D eigenvalue weighted by molar-refractivity contribution is -0.169. The van der Waals surface area contributed by atoms with Gasteiger partial charge < -0.3 is 14.2 Å². The summed E-state index contributed by atoms with van der Waals surface area (Å²) in [7, 11) is 3.76. The lowest BCUT2D eigenvalue weighted by atomic mass is 9.77. The molecule has 0 radical (unpaired) electrons. The molecule has 0 amide bonds. The minimum atomic E-state index is -1.45. The van der Waals surface area contributed by atoms with Crippen LogP contribution < -0.4 is 0 Å². The number of methoxy groups -OCH3 is 3. The third-order valence-electron chi connectivity index (χ3n) is 3.81. The van der Waals surface area contributed by atoms with Crippen molar-refractivity contribution in [1.82, 2.24) is 0 Å². The predicted molar refractivity (Wildman–Crippen MR) is 87.4 cm³/mol. The van der Waals surface area contributed by atoms with Crippen molar-refractivity contribution in [2.45, 2.75) is 19.3 Å². The highest BCUT2D eigenvalue weighted by atomic mass is 16.5. The average Bonchev–Trinajstić information content (AvgIpc) is 2.63. The number of ether oxygens (including phenoxy) is 3. The lowest BCUT2D eigenvalue weighted by Crippen LogP contribution is -2.43. The summed E-state index contributed by atoms with van der Waals surface area (Å²) in [6, 6.07) is 6.49. The van der Waals surface area contributed by atoms with E-state index in [2.05, 4.69) is 11.3 Å². The smallest absolute Gasteiger partial charge is 0.337 e. The highest BCUT2D eigenvalue weighted by Gasteiger charge is 2.47. The Hall–Kier alpha value is -2.63. The van der Waals surface area contributed by atoms with Crippen molar-refractivity contribution in [2.24, 2.45) is 5.41 Å². The van der Waals surface area contributed by atoms with E-state index in [1.165, 1.54) is 21.3 Å². The molecule has 0 aliphatic carbocycles. The van der Waals surface area contributed by atoms with E-state index in [1.54, 1.807) is 30.3 Å². The molecule has 1 aromatic rings. The van der Waals surface area contributed by atoms with Gasteiger partial charge in [-0.25, -0.2) is 4.79 Å². The molecule has 24 heavy (non-hydrogen) atoms. The summed E-state index contributed by atoms with van der Waals surface area (Å²) in [5, 5.41) is 0. The number of hydrogen-bond acceptors (Lipinski definition) is 6. The summed E-state index contributed by atoms with van der Waals surface area (Å²) >= 11 is 0. The number of carbonyl (C=O) groups excluding carboxylic acids is 3. The second-order valence-corrected chi connectivity index (χ2v) is 5.26. The Morgan fingerprint density at radius 3 is 1.96 bits per heavy atom. The minimum absolute atomic E-state index is 0.0988. The molecule has 0 bridgehead atoms. The van der Waals surface area contributed by atoms with E-state index >= 15 is 0 Å². The third-order valence-corrected chi connectivity index (χ3v) is 3.81. The Labute approximate surface area is 141 Å². The Bertz CT molecular complexity index is 586. The van der Waals surface area contributed by atoms with Gasteiger partial charge in [-0.3, -0.25) is 9.59 Å². The molecule has 0 spiro atoms. The number of carbonyl (C=O) groups is 3. The van der Waals surface area contributed by atoms with Crippen LogP contribution in [0.25, 0.3) is 0 Å². The molecule has 0 atom stereocenters. The van der Waals surface area contributed by atoms with Crippen LogP contribution >= 0.6 is 0 Å². The molecule has 0 aliphatic heterocycles. The minimum Gasteiger partial charge on any atom is -0.468 e.